The summed E-state index contributed by atoms with van der Waals surface area (Å²) in [4.78, 5) is 25.3. The summed E-state index contributed by atoms with van der Waals surface area (Å²) in [5.74, 6) is -0.811. The van der Waals surface area contributed by atoms with E-state index >= 15 is 0 Å². The average molecular weight is 458 g/mol. The Balaban J connectivity index is 1.70. The van der Waals surface area contributed by atoms with E-state index in [9.17, 15) is 9.59 Å². The molecule has 154 valence electrons. The van der Waals surface area contributed by atoms with Crippen LogP contribution in [0.3, 0.4) is 0 Å². The quantitative estimate of drug-likeness (QED) is 0.477. The molecule has 0 radical (unpaired) electrons. The van der Waals surface area contributed by atoms with Crippen LogP contribution in [0.25, 0.3) is 0 Å². The van der Waals surface area contributed by atoms with E-state index in [-0.39, 0.29) is 17.4 Å². The molecule has 0 aliphatic heterocycles. The van der Waals surface area contributed by atoms with Crippen molar-refractivity contribution in [3.63, 3.8) is 0 Å². The molecule has 0 aliphatic rings. The summed E-state index contributed by atoms with van der Waals surface area (Å²) < 4.78 is 0. The molecule has 5 nitrogen and oxygen atoms in total. The monoisotopic (exact) mass is 457 g/mol. The van der Waals surface area contributed by atoms with E-state index in [4.69, 9.17) is 29.6 Å². The van der Waals surface area contributed by atoms with Crippen LogP contribution >= 0.6 is 35.2 Å². The second-order valence-electron chi connectivity index (χ2n) is 6.69. The number of amides is 2. The Kier molecular flexibility index (Phi) is 7.20. The number of thiophene rings is 1. The lowest BCUT2D eigenvalue weighted by atomic mass is 10.1. The van der Waals surface area contributed by atoms with Crippen LogP contribution in [0.15, 0.2) is 54.6 Å². The molecule has 2 amide bonds. The molecular formula is C22H20ClN3O2S2. The summed E-state index contributed by atoms with van der Waals surface area (Å²) >= 11 is 12.5. The van der Waals surface area contributed by atoms with Crippen molar-refractivity contribution in [3.05, 3.63) is 86.8 Å². The number of hydrogen-bond acceptors (Lipinski definition) is 4. The fourth-order valence-electron chi connectivity index (χ4n) is 2.99. The van der Waals surface area contributed by atoms with Crippen LogP contribution in [-0.4, -0.2) is 16.9 Å². The maximum Gasteiger partial charge on any atom is 0.251 e. The second kappa shape index (κ2) is 9.84. The molecule has 0 aliphatic carbocycles. The zero-order valence-electron chi connectivity index (χ0n) is 16.2. The SMILES string of the molecule is Cc1c(Cc2ccccc2)sc(NC(=S)NC(=O)Cc2ccc(Cl)cc2)c1C(N)=O. The van der Waals surface area contributed by atoms with Gasteiger partial charge in [-0.25, -0.2) is 0 Å². The van der Waals surface area contributed by atoms with Crippen LogP contribution in [0.5, 0.6) is 0 Å². The number of nitrogens with one attached hydrogen (secondary N) is 2. The molecule has 0 fully saturated rings. The highest BCUT2D eigenvalue weighted by molar-refractivity contribution is 7.80. The van der Waals surface area contributed by atoms with Crippen molar-refractivity contribution in [2.24, 2.45) is 5.73 Å². The van der Waals surface area contributed by atoms with Crippen LogP contribution in [0, 0.1) is 6.92 Å². The van der Waals surface area contributed by atoms with Crippen molar-refractivity contribution in [1.29, 1.82) is 0 Å². The molecule has 30 heavy (non-hydrogen) atoms. The first-order valence-electron chi connectivity index (χ1n) is 9.14. The highest BCUT2D eigenvalue weighted by Crippen LogP contribution is 2.34. The molecule has 2 aromatic carbocycles. The lowest BCUT2D eigenvalue weighted by Gasteiger charge is -2.09. The van der Waals surface area contributed by atoms with E-state index in [0.717, 1.165) is 21.6 Å². The van der Waals surface area contributed by atoms with Crippen LogP contribution in [0.1, 0.15) is 31.9 Å². The maximum atomic E-state index is 12.3. The van der Waals surface area contributed by atoms with E-state index < -0.39 is 5.91 Å². The van der Waals surface area contributed by atoms with Crippen molar-refractivity contribution >= 4 is 57.1 Å². The van der Waals surface area contributed by atoms with Crippen molar-refractivity contribution in [3.8, 4) is 0 Å². The number of hydrogen-bond donors (Lipinski definition) is 3. The third-order valence-electron chi connectivity index (χ3n) is 4.46. The molecule has 0 unspecified atom stereocenters. The molecule has 0 bridgehead atoms. The highest BCUT2D eigenvalue weighted by atomic mass is 35.5. The molecular weight excluding hydrogens is 438 g/mol. The average Bonchev–Trinajstić information content (AvgIpc) is 2.99. The topological polar surface area (TPSA) is 84.2 Å². The van der Waals surface area contributed by atoms with Gasteiger partial charge in [-0.15, -0.1) is 11.3 Å². The largest absolute Gasteiger partial charge is 0.365 e. The van der Waals surface area contributed by atoms with Crippen LogP contribution in [0.2, 0.25) is 5.02 Å². The number of halogens is 1. The normalized spacial score (nSPS) is 10.5. The standard InChI is InChI=1S/C22H20ClN3O2S2/c1-13-17(11-14-5-3-2-4-6-14)30-21(19(13)20(24)28)26-22(29)25-18(27)12-15-7-9-16(23)10-8-15/h2-10H,11-12H2,1H3,(H2,24,28)(H2,25,26,27,29). The molecule has 8 heteroatoms. The number of benzene rings is 2. The van der Waals surface area contributed by atoms with Gasteiger partial charge < -0.3 is 16.4 Å². The van der Waals surface area contributed by atoms with Gasteiger partial charge in [-0.2, -0.15) is 0 Å². The zero-order chi connectivity index (χ0) is 21.7. The Morgan fingerprint density at radius 1 is 1.07 bits per heavy atom. The molecule has 0 saturated carbocycles. The van der Waals surface area contributed by atoms with Crippen molar-refractivity contribution in [2.75, 3.05) is 5.32 Å². The Morgan fingerprint density at radius 2 is 1.73 bits per heavy atom. The fourth-order valence-corrected chi connectivity index (χ4v) is 4.64. The van der Waals surface area contributed by atoms with Crippen molar-refractivity contribution in [2.45, 2.75) is 19.8 Å². The minimum atomic E-state index is -0.541. The smallest absolute Gasteiger partial charge is 0.251 e. The molecule has 3 rings (SSSR count). The Morgan fingerprint density at radius 3 is 2.37 bits per heavy atom. The molecule has 0 atom stereocenters. The third-order valence-corrected chi connectivity index (χ3v) is 6.12. The number of rotatable bonds is 6. The van der Waals surface area contributed by atoms with Gasteiger partial charge in [0.2, 0.25) is 5.91 Å². The summed E-state index contributed by atoms with van der Waals surface area (Å²) in [5, 5.41) is 6.85. The van der Waals surface area contributed by atoms with Gasteiger partial charge in [0.1, 0.15) is 5.00 Å². The van der Waals surface area contributed by atoms with E-state index in [1.165, 1.54) is 11.3 Å². The summed E-state index contributed by atoms with van der Waals surface area (Å²) in [7, 11) is 0. The number of thiocarbonyl (C=S) groups is 1. The van der Waals surface area contributed by atoms with Gasteiger partial charge in [-0.1, -0.05) is 54.1 Å². The third kappa shape index (κ3) is 5.66. The number of carbonyl (C=O) groups is 2. The molecule has 3 aromatic rings. The fraction of sp³-hybridized carbons (Fsp3) is 0.136. The lowest BCUT2D eigenvalue weighted by Crippen LogP contribution is -2.35. The summed E-state index contributed by atoms with van der Waals surface area (Å²) in [6.45, 7) is 1.86. The van der Waals surface area contributed by atoms with Crippen molar-refractivity contribution < 1.29 is 9.59 Å². The molecule has 1 aromatic heterocycles. The first-order valence-corrected chi connectivity index (χ1v) is 10.7. The van der Waals surface area contributed by atoms with Gasteiger partial charge in [0, 0.05) is 16.3 Å². The van der Waals surface area contributed by atoms with Gasteiger partial charge in [0.15, 0.2) is 5.11 Å². The summed E-state index contributed by atoms with van der Waals surface area (Å²) in [5.41, 5.74) is 8.75. The highest BCUT2D eigenvalue weighted by Gasteiger charge is 2.20. The summed E-state index contributed by atoms with van der Waals surface area (Å²) in [6, 6.07) is 17.0. The van der Waals surface area contributed by atoms with Crippen LogP contribution in [0.4, 0.5) is 5.00 Å². The van der Waals surface area contributed by atoms with Gasteiger partial charge in [-0.3, -0.25) is 9.59 Å². The first-order chi connectivity index (χ1) is 14.3. The number of carbonyl (C=O) groups excluding carboxylic acids is 2. The van der Waals surface area contributed by atoms with E-state index in [2.05, 4.69) is 10.6 Å². The predicted molar refractivity (Wildman–Crippen MR) is 126 cm³/mol. The first kappa shape index (κ1) is 22.0. The van der Waals surface area contributed by atoms with Crippen LogP contribution < -0.4 is 16.4 Å². The van der Waals surface area contributed by atoms with Gasteiger partial charge in [0.05, 0.1) is 12.0 Å². The Bertz CT molecular complexity index is 1080. The Labute approximate surface area is 189 Å². The second-order valence-corrected chi connectivity index (χ2v) is 8.64. The van der Waals surface area contributed by atoms with E-state index in [0.29, 0.717) is 22.0 Å². The van der Waals surface area contributed by atoms with Crippen molar-refractivity contribution in [1.82, 2.24) is 5.32 Å². The lowest BCUT2D eigenvalue weighted by molar-refractivity contribution is -0.119. The van der Waals surface area contributed by atoms with E-state index in [1.54, 1.807) is 24.3 Å². The summed E-state index contributed by atoms with van der Waals surface area (Å²) in [6.07, 6.45) is 0.833. The van der Waals surface area contributed by atoms with Gasteiger partial charge in [0.25, 0.3) is 5.91 Å². The maximum absolute atomic E-state index is 12.3. The number of anilines is 1. The number of nitrogens with two attached hydrogens (primary N) is 1. The van der Waals surface area contributed by atoms with Gasteiger partial charge >= 0.3 is 0 Å². The minimum absolute atomic E-state index is 0.115. The number of primary amides is 1. The molecule has 1 heterocycles. The molecule has 0 spiro atoms. The van der Waals surface area contributed by atoms with E-state index in [1.807, 2.05) is 37.3 Å². The predicted octanol–water partition coefficient (Wildman–Crippen LogP) is 4.46. The zero-order valence-corrected chi connectivity index (χ0v) is 18.6. The van der Waals surface area contributed by atoms with Gasteiger partial charge in [-0.05, 0) is 48.0 Å². The molecule has 4 N–H and O–H groups in total. The molecule has 0 saturated heterocycles. The van der Waals surface area contributed by atoms with Crippen LogP contribution in [-0.2, 0) is 17.6 Å². The Hall–Kier alpha value is -2.74. The minimum Gasteiger partial charge on any atom is -0.365 e.